The maximum atomic E-state index is 8.92. The average Bonchev–Trinajstić information content (AvgIpc) is 2.21. The highest BCUT2D eigenvalue weighted by Gasteiger charge is 2.00. The van der Waals surface area contributed by atoms with Gasteiger partial charge in [-0.1, -0.05) is 0 Å². The van der Waals surface area contributed by atoms with Gasteiger partial charge in [0.05, 0.1) is 11.0 Å². The van der Waals surface area contributed by atoms with Crippen molar-refractivity contribution in [2.75, 3.05) is 5.73 Å². The minimum Gasteiger partial charge on any atom is -0.495 e. The van der Waals surface area contributed by atoms with Crippen LogP contribution in [0.15, 0.2) is 12.1 Å². The molecule has 10 heavy (non-hydrogen) atoms. The normalized spacial score (nSPS) is 10.8. The zero-order valence-electron chi connectivity index (χ0n) is 5.18. The maximum Gasteiger partial charge on any atom is 0.190 e. The molecule has 0 aliphatic rings. The van der Waals surface area contributed by atoms with Gasteiger partial charge < -0.3 is 20.8 Å². The van der Waals surface area contributed by atoms with E-state index in [1.54, 1.807) is 12.1 Å². The summed E-state index contributed by atoms with van der Waals surface area (Å²) < 4.78 is 0. The minimum absolute atomic E-state index is 0.154. The molecule has 5 N–H and O–H groups in total. The first kappa shape index (κ1) is 5.22. The van der Waals surface area contributed by atoms with Gasteiger partial charge in [-0.3, -0.25) is 0 Å². The Morgan fingerprint density at radius 2 is 1.90 bits per heavy atom. The zero-order chi connectivity index (χ0) is 7.14. The molecular weight excluding hydrogens is 130 g/mol. The molecule has 2 heterocycles. The van der Waals surface area contributed by atoms with Crippen LogP contribution in [0.4, 0.5) is 5.82 Å². The van der Waals surface area contributed by atoms with E-state index in [1.165, 1.54) is 0 Å². The molecule has 0 atom stereocenters. The molecule has 4 heteroatoms. The number of aromatic amines is 2. The van der Waals surface area contributed by atoms with E-state index in [0.717, 1.165) is 11.0 Å². The van der Waals surface area contributed by atoms with Crippen molar-refractivity contribution in [2.24, 2.45) is 0 Å². The fraction of sp³-hybridized carbons (Fsp3) is 0. The minimum atomic E-state index is 0.154. The molecule has 2 rings (SSSR count). The second-order valence-corrected chi connectivity index (χ2v) is 2.21. The van der Waals surface area contributed by atoms with Crippen LogP contribution in [0.2, 0.25) is 0 Å². The molecule has 0 aliphatic carbocycles. The summed E-state index contributed by atoms with van der Waals surface area (Å²) in [6.07, 6.45) is 0. The summed E-state index contributed by atoms with van der Waals surface area (Å²) in [4.78, 5) is 5.59. The Balaban J connectivity index is 2.83. The van der Waals surface area contributed by atoms with Crippen molar-refractivity contribution in [2.45, 2.75) is 0 Å². The van der Waals surface area contributed by atoms with Gasteiger partial charge in [0.2, 0.25) is 0 Å². The summed E-state index contributed by atoms with van der Waals surface area (Å²) in [5, 5.41) is 8.92. The molecule has 0 unspecified atom stereocenters. The predicted molar refractivity (Wildman–Crippen MR) is 38.7 cm³/mol. The monoisotopic (exact) mass is 137 g/mol. The van der Waals surface area contributed by atoms with Crippen LogP contribution in [0.5, 0.6) is 5.88 Å². The fourth-order valence-electron chi connectivity index (χ4n) is 1.02. The summed E-state index contributed by atoms with van der Waals surface area (Å²) >= 11 is 0. The van der Waals surface area contributed by atoms with Crippen LogP contribution in [0.25, 0.3) is 11.0 Å². The van der Waals surface area contributed by atoms with Crippen LogP contribution < -0.4 is 5.73 Å². The standard InChI is InChI=1S/C6H7N3O/c7-5-1-3-4(8-5)2-6(10)9-3/h1-2,8-10H,7H2. The van der Waals surface area contributed by atoms with Gasteiger partial charge in [0, 0.05) is 12.1 Å². The van der Waals surface area contributed by atoms with Gasteiger partial charge in [-0.25, -0.2) is 0 Å². The number of nitrogens with one attached hydrogen (secondary N) is 2. The van der Waals surface area contributed by atoms with Gasteiger partial charge in [-0.05, 0) is 0 Å². The van der Waals surface area contributed by atoms with Gasteiger partial charge in [-0.15, -0.1) is 0 Å². The lowest BCUT2D eigenvalue weighted by Crippen LogP contribution is -1.80. The Bertz CT molecular complexity index is 297. The number of rotatable bonds is 0. The van der Waals surface area contributed by atoms with E-state index < -0.39 is 0 Å². The second-order valence-electron chi connectivity index (χ2n) is 2.21. The number of aromatic hydroxyl groups is 1. The second kappa shape index (κ2) is 1.47. The van der Waals surface area contributed by atoms with E-state index in [0.29, 0.717) is 5.82 Å². The van der Waals surface area contributed by atoms with Crippen LogP contribution in [-0.2, 0) is 0 Å². The lowest BCUT2D eigenvalue weighted by Gasteiger charge is -1.79. The summed E-state index contributed by atoms with van der Waals surface area (Å²) in [6, 6.07) is 3.32. The molecule has 0 aromatic carbocycles. The number of H-pyrrole nitrogens is 2. The van der Waals surface area contributed by atoms with Crippen LogP contribution >= 0.6 is 0 Å². The summed E-state index contributed by atoms with van der Waals surface area (Å²) in [7, 11) is 0. The third-order valence-electron chi connectivity index (χ3n) is 1.41. The Kier molecular flexibility index (Phi) is 0.768. The molecule has 0 fully saturated rings. The average molecular weight is 137 g/mol. The maximum absolute atomic E-state index is 8.92. The molecule has 2 aromatic rings. The first-order chi connectivity index (χ1) is 4.75. The number of hydrogen-bond donors (Lipinski definition) is 4. The molecule has 0 saturated carbocycles. The number of hydrogen-bond acceptors (Lipinski definition) is 2. The molecule has 4 nitrogen and oxygen atoms in total. The van der Waals surface area contributed by atoms with Crippen LogP contribution in [-0.4, -0.2) is 15.1 Å². The van der Waals surface area contributed by atoms with Crippen molar-refractivity contribution in [1.82, 2.24) is 9.97 Å². The molecule has 0 spiro atoms. The molecule has 0 saturated heterocycles. The smallest absolute Gasteiger partial charge is 0.190 e. The highest BCUT2D eigenvalue weighted by atomic mass is 16.3. The first-order valence-corrected chi connectivity index (χ1v) is 2.92. The summed E-state index contributed by atoms with van der Waals surface area (Å²) in [6.45, 7) is 0. The van der Waals surface area contributed by atoms with E-state index >= 15 is 0 Å². The van der Waals surface area contributed by atoms with E-state index in [-0.39, 0.29) is 5.88 Å². The summed E-state index contributed by atoms with van der Waals surface area (Å²) in [5.41, 5.74) is 7.09. The molecule has 0 bridgehead atoms. The molecule has 2 aromatic heterocycles. The van der Waals surface area contributed by atoms with Gasteiger partial charge >= 0.3 is 0 Å². The predicted octanol–water partition coefficient (Wildman–Crippen LogP) is 0.784. The first-order valence-electron chi connectivity index (χ1n) is 2.92. The zero-order valence-corrected chi connectivity index (χ0v) is 5.18. The van der Waals surface area contributed by atoms with Gasteiger partial charge in [0.25, 0.3) is 0 Å². The molecule has 52 valence electrons. The number of aromatic nitrogens is 2. The van der Waals surface area contributed by atoms with E-state index in [9.17, 15) is 0 Å². The summed E-state index contributed by atoms with van der Waals surface area (Å²) in [5.74, 6) is 0.752. The van der Waals surface area contributed by atoms with Crippen LogP contribution in [0.3, 0.4) is 0 Å². The van der Waals surface area contributed by atoms with Crippen molar-refractivity contribution in [3.8, 4) is 5.88 Å². The molecular formula is C6H7N3O. The molecule has 0 amide bonds. The third kappa shape index (κ3) is 0.556. The van der Waals surface area contributed by atoms with Crippen LogP contribution in [0.1, 0.15) is 0 Å². The Morgan fingerprint density at radius 3 is 2.60 bits per heavy atom. The van der Waals surface area contributed by atoms with Crippen LogP contribution in [0, 0.1) is 0 Å². The van der Waals surface area contributed by atoms with E-state index in [2.05, 4.69) is 9.97 Å². The quantitative estimate of drug-likeness (QED) is 0.433. The number of nitrogens with two attached hydrogens (primary N) is 1. The Labute approximate surface area is 56.7 Å². The number of fused-ring (bicyclic) bond motifs is 1. The topological polar surface area (TPSA) is 77.8 Å². The number of anilines is 1. The van der Waals surface area contributed by atoms with Crippen molar-refractivity contribution in [1.29, 1.82) is 0 Å². The third-order valence-corrected chi connectivity index (χ3v) is 1.41. The van der Waals surface area contributed by atoms with E-state index in [4.69, 9.17) is 10.8 Å². The fourth-order valence-corrected chi connectivity index (χ4v) is 1.02. The highest BCUT2D eigenvalue weighted by Crippen LogP contribution is 2.20. The largest absolute Gasteiger partial charge is 0.495 e. The molecule has 0 radical (unpaired) electrons. The molecule has 0 aliphatic heterocycles. The van der Waals surface area contributed by atoms with Crippen molar-refractivity contribution in [3.63, 3.8) is 0 Å². The van der Waals surface area contributed by atoms with Crippen molar-refractivity contribution >= 4 is 16.9 Å². The number of nitrogen functional groups attached to an aromatic ring is 1. The Morgan fingerprint density at radius 1 is 1.20 bits per heavy atom. The van der Waals surface area contributed by atoms with Crippen molar-refractivity contribution < 1.29 is 5.11 Å². The highest BCUT2D eigenvalue weighted by molar-refractivity contribution is 5.81. The van der Waals surface area contributed by atoms with Crippen molar-refractivity contribution in [3.05, 3.63) is 12.1 Å². The SMILES string of the molecule is Nc1cc2[nH]c(O)cc2[nH]1. The Hall–Kier alpha value is -1.58. The van der Waals surface area contributed by atoms with E-state index in [1.807, 2.05) is 0 Å². The van der Waals surface area contributed by atoms with Gasteiger partial charge in [0.1, 0.15) is 5.82 Å². The van der Waals surface area contributed by atoms with Gasteiger partial charge in [-0.2, -0.15) is 0 Å². The van der Waals surface area contributed by atoms with Gasteiger partial charge in [0.15, 0.2) is 5.88 Å². The lowest BCUT2D eigenvalue weighted by molar-refractivity contribution is 0.458. The lowest BCUT2D eigenvalue weighted by atomic mass is 10.5.